The van der Waals surface area contributed by atoms with Gasteiger partial charge in [0.15, 0.2) is 5.69 Å². The number of pyridine rings is 1. The van der Waals surface area contributed by atoms with Gasteiger partial charge in [0, 0.05) is 29.0 Å². The molecule has 3 aromatic rings. The molecule has 0 saturated carbocycles. The molecule has 0 aliphatic heterocycles. The van der Waals surface area contributed by atoms with E-state index in [1.165, 1.54) is 29.2 Å². The molecule has 30 heavy (non-hydrogen) atoms. The van der Waals surface area contributed by atoms with Crippen LogP contribution in [-0.2, 0) is 23.9 Å². The number of aromatic nitrogens is 3. The Morgan fingerprint density at radius 2 is 1.93 bits per heavy atom. The van der Waals surface area contributed by atoms with Crippen molar-refractivity contribution in [3.63, 3.8) is 0 Å². The van der Waals surface area contributed by atoms with E-state index < -0.39 is 28.2 Å². The molecule has 158 valence electrons. The Morgan fingerprint density at radius 1 is 1.17 bits per heavy atom. The molecule has 0 aliphatic rings. The van der Waals surface area contributed by atoms with Crippen molar-refractivity contribution in [1.82, 2.24) is 14.5 Å². The quantitative estimate of drug-likeness (QED) is 0.436. The van der Waals surface area contributed by atoms with Gasteiger partial charge in [0.2, 0.25) is 0 Å². The summed E-state index contributed by atoms with van der Waals surface area (Å²) in [6, 6.07) is 10.6. The van der Waals surface area contributed by atoms with Gasteiger partial charge < -0.3 is 13.9 Å². The van der Waals surface area contributed by atoms with Crippen molar-refractivity contribution in [3.8, 4) is 17.0 Å². The zero-order chi connectivity index (χ0) is 21.9. The van der Waals surface area contributed by atoms with Gasteiger partial charge in [-0.3, -0.25) is 4.79 Å². The monoisotopic (exact) mass is 437 g/mol. The van der Waals surface area contributed by atoms with Gasteiger partial charge in [-0.05, 0) is 36.8 Å². The van der Waals surface area contributed by atoms with Crippen molar-refractivity contribution in [2.45, 2.75) is 24.8 Å². The van der Waals surface area contributed by atoms with E-state index in [2.05, 4.69) is 9.97 Å². The highest BCUT2D eigenvalue weighted by molar-refractivity contribution is 7.90. The van der Waals surface area contributed by atoms with Crippen molar-refractivity contribution in [2.75, 3.05) is 12.9 Å². The lowest BCUT2D eigenvalue weighted by Gasteiger charge is -2.12. The first-order chi connectivity index (χ1) is 14.2. The Bertz CT molecular complexity index is 1100. The van der Waals surface area contributed by atoms with Crippen LogP contribution in [0.5, 0.6) is 5.75 Å². The number of hydrogen-bond acceptors (Lipinski definition) is 5. The Labute approximate surface area is 173 Å². The lowest BCUT2D eigenvalue weighted by Crippen LogP contribution is -2.19. The first-order valence-electron chi connectivity index (χ1n) is 8.89. The van der Waals surface area contributed by atoms with E-state index in [0.29, 0.717) is 12.4 Å². The number of ether oxygens (including phenoxy) is 1. The van der Waals surface area contributed by atoms with Gasteiger partial charge in [-0.2, -0.15) is 23.1 Å². The molecule has 1 unspecified atom stereocenters. The largest absolute Gasteiger partial charge is 0.609 e. The average Bonchev–Trinajstić information content (AvgIpc) is 2.69. The molecule has 10 heteroatoms. The summed E-state index contributed by atoms with van der Waals surface area (Å²) in [5.74, 6) is 0.653. The maximum absolute atomic E-state index is 13.2. The molecule has 6 nitrogen and oxygen atoms in total. The fourth-order valence-corrected chi connectivity index (χ4v) is 3.20. The molecule has 2 aromatic heterocycles. The van der Waals surface area contributed by atoms with Crippen molar-refractivity contribution in [3.05, 3.63) is 70.3 Å². The van der Waals surface area contributed by atoms with Gasteiger partial charge >= 0.3 is 11.3 Å². The normalized spacial score (nSPS) is 12.6. The Morgan fingerprint density at radius 3 is 2.60 bits per heavy atom. The fourth-order valence-electron chi connectivity index (χ4n) is 2.75. The molecule has 1 atom stereocenters. The molecule has 1 aromatic carbocycles. The smallest absolute Gasteiger partial charge is 0.433 e. The van der Waals surface area contributed by atoms with E-state index in [1.54, 1.807) is 18.2 Å². The van der Waals surface area contributed by atoms with Crippen molar-refractivity contribution in [1.29, 1.82) is 0 Å². The number of alkyl halides is 3. The predicted molar refractivity (Wildman–Crippen MR) is 106 cm³/mol. The molecule has 0 fully saturated rings. The molecule has 0 radical (unpaired) electrons. The molecular weight excluding hydrogens is 419 g/mol. The first-order valence-corrected chi connectivity index (χ1v) is 10.5. The van der Waals surface area contributed by atoms with E-state index in [1.807, 2.05) is 13.0 Å². The third-order valence-electron chi connectivity index (χ3n) is 4.09. The molecule has 0 amide bonds. The highest BCUT2D eigenvalue weighted by Gasteiger charge is 2.35. The first kappa shape index (κ1) is 21.8. The summed E-state index contributed by atoms with van der Waals surface area (Å²) in [5, 5.41) is -0.429. The minimum Gasteiger partial charge on any atom is -0.609 e. The van der Waals surface area contributed by atoms with Gasteiger partial charge in [0.05, 0.1) is 18.8 Å². The molecular formula is C20H18F3N3O3S. The highest BCUT2D eigenvalue weighted by atomic mass is 32.2. The number of halogens is 3. The van der Waals surface area contributed by atoms with Crippen LogP contribution in [0.2, 0.25) is 0 Å². The van der Waals surface area contributed by atoms with E-state index >= 15 is 0 Å². The second-order valence-electron chi connectivity index (χ2n) is 6.34. The van der Waals surface area contributed by atoms with Crippen LogP contribution in [0.4, 0.5) is 13.2 Å². The summed E-state index contributed by atoms with van der Waals surface area (Å²) in [7, 11) is 0. The van der Waals surface area contributed by atoms with Crippen LogP contribution in [0.3, 0.4) is 0 Å². The maximum Gasteiger partial charge on any atom is 0.433 e. The highest BCUT2D eigenvalue weighted by Crippen LogP contribution is 2.30. The summed E-state index contributed by atoms with van der Waals surface area (Å²) in [6.45, 7) is 2.54. The summed E-state index contributed by atoms with van der Waals surface area (Å²) >= 11 is -1.81. The van der Waals surface area contributed by atoms with E-state index in [4.69, 9.17) is 4.74 Å². The lowest BCUT2D eigenvalue weighted by molar-refractivity contribution is -0.141. The minimum absolute atomic E-state index is 0.0701. The van der Waals surface area contributed by atoms with Crippen LogP contribution in [0, 0.1) is 0 Å². The summed E-state index contributed by atoms with van der Waals surface area (Å²) in [4.78, 5) is 19.6. The molecule has 2 heterocycles. The van der Waals surface area contributed by atoms with Gasteiger partial charge in [0.25, 0.3) is 5.56 Å². The van der Waals surface area contributed by atoms with E-state index in [0.717, 1.165) is 11.6 Å². The Balaban J connectivity index is 2.02. The topological polar surface area (TPSA) is 80.1 Å². The van der Waals surface area contributed by atoms with Crippen LogP contribution in [0.1, 0.15) is 18.2 Å². The van der Waals surface area contributed by atoms with Crippen molar-refractivity contribution >= 4 is 11.2 Å². The van der Waals surface area contributed by atoms with Gasteiger partial charge in [-0.25, -0.2) is 0 Å². The second-order valence-corrected chi connectivity index (χ2v) is 7.61. The number of hydrogen-bond donors (Lipinski definition) is 0. The SMILES string of the molecule is CCOc1cccc(Cn2cc(-c3cc(C(F)(F)F)nc([S+](C)[O-])n3)ccc2=O)c1. The number of nitrogens with zero attached hydrogens (tertiary/aromatic N) is 3. The molecule has 0 bridgehead atoms. The van der Waals surface area contributed by atoms with Gasteiger partial charge in [-0.15, -0.1) is 0 Å². The lowest BCUT2D eigenvalue weighted by atomic mass is 10.1. The third-order valence-corrected chi connectivity index (χ3v) is 4.79. The maximum atomic E-state index is 13.2. The Kier molecular flexibility index (Phi) is 6.47. The third kappa shape index (κ3) is 5.19. The molecule has 0 N–H and O–H groups in total. The molecule has 3 rings (SSSR count). The van der Waals surface area contributed by atoms with Gasteiger partial charge in [0.1, 0.15) is 12.0 Å². The summed E-state index contributed by atoms with van der Waals surface area (Å²) < 4.78 is 58.1. The standard InChI is InChI=1S/C20H18F3N3O3S/c1-3-29-15-6-4-5-13(9-15)11-26-12-14(7-8-18(26)27)16-10-17(20(21,22)23)25-19(24-16)30(2)28/h4-10,12H,3,11H2,1-2H3. The van der Waals surface area contributed by atoms with E-state index in [9.17, 15) is 22.5 Å². The summed E-state index contributed by atoms with van der Waals surface area (Å²) in [6.07, 6.45) is -2.11. The van der Waals surface area contributed by atoms with Gasteiger partial charge in [-0.1, -0.05) is 12.1 Å². The average molecular weight is 437 g/mol. The predicted octanol–water partition coefficient (Wildman–Crippen LogP) is 3.51. The summed E-state index contributed by atoms with van der Waals surface area (Å²) in [5.41, 5.74) is -0.534. The van der Waals surface area contributed by atoms with Crippen molar-refractivity contribution < 1.29 is 22.5 Å². The molecule has 0 spiro atoms. The molecule has 0 aliphatic carbocycles. The number of benzene rings is 1. The molecule has 0 saturated heterocycles. The van der Waals surface area contributed by atoms with Crippen LogP contribution in [-0.4, -0.2) is 32.0 Å². The fraction of sp³-hybridized carbons (Fsp3) is 0.250. The van der Waals surface area contributed by atoms with Crippen LogP contribution >= 0.6 is 0 Å². The van der Waals surface area contributed by atoms with Crippen LogP contribution in [0.25, 0.3) is 11.3 Å². The minimum atomic E-state index is -4.72. The second kappa shape index (κ2) is 8.88. The Hall–Kier alpha value is -2.85. The zero-order valence-corrected chi connectivity index (χ0v) is 17.0. The zero-order valence-electron chi connectivity index (χ0n) is 16.1. The van der Waals surface area contributed by atoms with Crippen LogP contribution < -0.4 is 10.3 Å². The van der Waals surface area contributed by atoms with Crippen LogP contribution in [0.15, 0.2) is 58.6 Å². The number of rotatable bonds is 6. The van der Waals surface area contributed by atoms with E-state index in [-0.39, 0.29) is 23.4 Å². The van der Waals surface area contributed by atoms with Crippen molar-refractivity contribution in [2.24, 2.45) is 0 Å².